The van der Waals surface area contributed by atoms with Gasteiger partial charge in [0, 0.05) is 24.2 Å². The zero-order chi connectivity index (χ0) is 24.9. The maximum absolute atomic E-state index is 13.6. The molecule has 0 bridgehead atoms. The van der Waals surface area contributed by atoms with E-state index in [1.54, 1.807) is 25.2 Å². The van der Waals surface area contributed by atoms with Gasteiger partial charge >= 0.3 is 0 Å². The lowest BCUT2D eigenvalue weighted by molar-refractivity contribution is -0.384. The molecule has 1 amide bonds. The molecule has 0 fully saturated rings. The molecule has 35 heavy (non-hydrogen) atoms. The fourth-order valence-electron chi connectivity index (χ4n) is 4.37. The van der Waals surface area contributed by atoms with E-state index in [1.807, 2.05) is 36.4 Å². The summed E-state index contributed by atoms with van der Waals surface area (Å²) in [6.45, 7) is 2.75. The van der Waals surface area contributed by atoms with Crippen LogP contribution < -0.4 is 14.2 Å². The average molecular weight is 477 g/mol. The van der Waals surface area contributed by atoms with Crippen LogP contribution in [0.5, 0.6) is 17.2 Å². The van der Waals surface area contributed by atoms with Crippen molar-refractivity contribution in [2.75, 3.05) is 27.4 Å². The first-order chi connectivity index (χ1) is 16.9. The third-order valence-electron chi connectivity index (χ3n) is 6.31. The van der Waals surface area contributed by atoms with Crippen molar-refractivity contribution in [3.63, 3.8) is 0 Å². The van der Waals surface area contributed by atoms with Gasteiger partial charge in [0.1, 0.15) is 12.4 Å². The number of hydrogen-bond donors (Lipinski definition) is 0. The number of nitro benzene ring substituents is 1. The molecule has 0 saturated carbocycles. The number of nitro groups is 1. The van der Waals surface area contributed by atoms with Crippen LogP contribution in [0.4, 0.5) is 5.69 Å². The molecule has 1 atom stereocenters. The fourth-order valence-corrected chi connectivity index (χ4v) is 4.37. The van der Waals surface area contributed by atoms with Crippen LogP contribution in [0, 0.1) is 10.1 Å². The quantitative estimate of drug-likeness (QED) is 0.336. The average Bonchev–Trinajstić information content (AvgIpc) is 2.90. The van der Waals surface area contributed by atoms with Gasteiger partial charge in [-0.05, 0) is 59.9 Å². The number of carbonyl (C=O) groups excluding carboxylic acids is 1. The molecule has 1 aliphatic heterocycles. The molecule has 1 aliphatic rings. The van der Waals surface area contributed by atoms with Crippen LogP contribution in [0.3, 0.4) is 0 Å². The second kappa shape index (κ2) is 10.5. The Balaban J connectivity index is 1.70. The van der Waals surface area contributed by atoms with Gasteiger partial charge in [-0.1, -0.05) is 25.1 Å². The Labute approximate surface area is 204 Å². The molecule has 8 nitrogen and oxygen atoms in total. The molecule has 3 aromatic rings. The van der Waals surface area contributed by atoms with Gasteiger partial charge in [-0.15, -0.1) is 0 Å². The highest BCUT2D eigenvalue weighted by molar-refractivity contribution is 5.95. The van der Waals surface area contributed by atoms with Crippen LogP contribution in [-0.4, -0.2) is 43.1 Å². The Morgan fingerprint density at radius 3 is 2.43 bits per heavy atom. The van der Waals surface area contributed by atoms with Crippen LogP contribution in [0.25, 0.3) is 0 Å². The predicted octanol–water partition coefficient (Wildman–Crippen LogP) is 4.99. The topological polar surface area (TPSA) is 91.1 Å². The lowest BCUT2D eigenvalue weighted by atomic mass is 9.91. The van der Waals surface area contributed by atoms with Gasteiger partial charge in [-0.3, -0.25) is 14.9 Å². The normalized spacial score (nSPS) is 14.7. The molecule has 1 unspecified atom stereocenters. The minimum absolute atomic E-state index is 0.122. The SMILES string of the molecule is CCc1ccc(OCC2c3cc(OC)c(OC)cc3CCN2C(=O)c2cccc([N+](=O)[O-])c2)cc1. The lowest BCUT2D eigenvalue weighted by Crippen LogP contribution is -2.42. The van der Waals surface area contributed by atoms with Crippen LogP contribution in [0.2, 0.25) is 0 Å². The number of aryl methyl sites for hydroxylation is 1. The van der Waals surface area contributed by atoms with E-state index < -0.39 is 11.0 Å². The maximum atomic E-state index is 13.6. The maximum Gasteiger partial charge on any atom is 0.270 e. The molecule has 0 spiro atoms. The Hall–Kier alpha value is -4.07. The highest BCUT2D eigenvalue weighted by Gasteiger charge is 2.33. The predicted molar refractivity (Wildman–Crippen MR) is 131 cm³/mol. The number of ether oxygens (including phenoxy) is 3. The number of carbonyl (C=O) groups is 1. The molecular weight excluding hydrogens is 448 g/mol. The van der Waals surface area contributed by atoms with Crippen molar-refractivity contribution < 1.29 is 23.9 Å². The number of nitrogens with zero attached hydrogens (tertiary/aromatic N) is 2. The number of methoxy groups -OCH3 is 2. The van der Waals surface area contributed by atoms with Gasteiger partial charge in [0.25, 0.3) is 11.6 Å². The molecule has 0 saturated heterocycles. The van der Waals surface area contributed by atoms with E-state index in [4.69, 9.17) is 14.2 Å². The first-order valence-electron chi connectivity index (χ1n) is 11.5. The van der Waals surface area contributed by atoms with E-state index in [-0.39, 0.29) is 23.8 Å². The molecule has 0 aliphatic carbocycles. The summed E-state index contributed by atoms with van der Waals surface area (Å²) in [5, 5.41) is 11.3. The van der Waals surface area contributed by atoms with Crippen molar-refractivity contribution in [3.05, 3.63) is 93.0 Å². The highest BCUT2D eigenvalue weighted by Crippen LogP contribution is 2.39. The Morgan fingerprint density at radius 1 is 1.06 bits per heavy atom. The van der Waals surface area contributed by atoms with Crippen LogP contribution >= 0.6 is 0 Å². The Kier molecular flexibility index (Phi) is 7.19. The van der Waals surface area contributed by atoms with Crippen molar-refractivity contribution in [1.29, 1.82) is 0 Å². The molecule has 0 aromatic heterocycles. The van der Waals surface area contributed by atoms with E-state index >= 15 is 0 Å². The second-order valence-corrected chi connectivity index (χ2v) is 8.29. The van der Waals surface area contributed by atoms with Gasteiger partial charge in [-0.2, -0.15) is 0 Å². The van der Waals surface area contributed by atoms with Crippen molar-refractivity contribution >= 4 is 11.6 Å². The van der Waals surface area contributed by atoms with E-state index in [1.165, 1.54) is 23.8 Å². The molecular formula is C27H28N2O6. The highest BCUT2D eigenvalue weighted by atomic mass is 16.6. The summed E-state index contributed by atoms with van der Waals surface area (Å²) >= 11 is 0. The molecule has 1 heterocycles. The first kappa shape index (κ1) is 24.1. The molecule has 3 aromatic carbocycles. The smallest absolute Gasteiger partial charge is 0.270 e. The standard InChI is InChI=1S/C27H28N2O6/c1-4-18-8-10-22(11-9-18)35-17-24-23-16-26(34-3)25(33-2)15-19(23)12-13-28(24)27(30)20-6-5-7-21(14-20)29(31)32/h5-11,14-16,24H,4,12-13,17H2,1-3H3. The number of rotatable bonds is 8. The molecule has 0 N–H and O–H groups in total. The summed E-state index contributed by atoms with van der Waals surface area (Å²) in [4.78, 5) is 26.0. The Morgan fingerprint density at radius 2 is 1.77 bits per heavy atom. The second-order valence-electron chi connectivity index (χ2n) is 8.29. The Bertz CT molecular complexity index is 1220. The zero-order valence-corrected chi connectivity index (χ0v) is 20.0. The third-order valence-corrected chi connectivity index (χ3v) is 6.31. The van der Waals surface area contributed by atoms with Crippen molar-refractivity contribution in [1.82, 2.24) is 4.90 Å². The summed E-state index contributed by atoms with van der Waals surface area (Å²) in [5.41, 5.74) is 3.29. The van der Waals surface area contributed by atoms with E-state index in [9.17, 15) is 14.9 Å². The van der Waals surface area contributed by atoms with E-state index in [2.05, 4.69) is 6.92 Å². The first-order valence-corrected chi connectivity index (χ1v) is 11.5. The van der Waals surface area contributed by atoms with Gasteiger partial charge < -0.3 is 19.1 Å². The van der Waals surface area contributed by atoms with Crippen LogP contribution in [0.15, 0.2) is 60.7 Å². The van der Waals surface area contributed by atoms with Crippen LogP contribution in [0.1, 0.15) is 40.0 Å². The summed E-state index contributed by atoms with van der Waals surface area (Å²) in [5.74, 6) is 1.61. The third kappa shape index (κ3) is 5.06. The monoisotopic (exact) mass is 476 g/mol. The van der Waals surface area contributed by atoms with E-state index in [0.717, 1.165) is 17.5 Å². The molecule has 8 heteroatoms. The van der Waals surface area contributed by atoms with E-state index in [0.29, 0.717) is 30.2 Å². The largest absolute Gasteiger partial charge is 0.493 e. The van der Waals surface area contributed by atoms with Crippen molar-refractivity contribution in [2.24, 2.45) is 0 Å². The zero-order valence-electron chi connectivity index (χ0n) is 20.0. The number of hydrogen-bond acceptors (Lipinski definition) is 6. The number of benzene rings is 3. The summed E-state index contributed by atoms with van der Waals surface area (Å²) in [7, 11) is 3.16. The number of fused-ring (bicyclic) bond motifs is 1. The summed E-state index contributed by atoms with van der Waals surface area (Å²) in [6.07, 6.45) is 1.54. The molecule has 4 rings (SSSR count). The van der Waals surface area contributed by atoms with Gasteiger partial charge in [0.05, 0.1) is 25.2 Å². The number of non-ortho nitro benzene ring substituents is 1. The minimum Gasteiger partial charge on any atom is -0.493 e. The van der Waals surface area contributed by atoms with Gasteiger partial charge in [-0.25, -0.2) is 0 Å². The fraction of sp³-hybridized carbons (Fsp3) is 0.296. The lowest BCUT2D eigenvalue weighted by Gasteiger charge is -2.37. The van der Waals surface area contributed by atoms with Gasteiger partial charge in [0.15, 0.2) is 11.5 Å². The summed E-state index contributed by atoms with van der Waals surface area (Å²) in [6, 6.07) is 17.1. The van der Waals surface area contributed by atoms with Crippen LogP contribution in [-0.2, 0) is 12.8 Å². The summed E-state index contributed by atoms with van der Waals surface area (Å²) < 4.78 is 17.1. The molecule has 0 radical (unpaired) electrons. The van der Waals surface area contributed by atoms with Crippen molar-refractivity contribution in [3.8, 4) is 17.2 Å². The van der Waals surface area contributed by atoms with Gasteiger partial charge in [0.2, 0.25) is 0 Å². The van der Waals surface area contributed by atoms with Crippen molar-refractivity contribution in [2.45, 2.75) is 25.8 Å². The minimum atomic E-state index is -0.500. The number of amides is 1. The molecule has 182 valence electrons.